The Labute approximate surface area is 303 Å². The van der Waals surface area contributed by atoms with Crippen LogP contribution in [0.1, 0.15) is 81.4 Å². The quantitative estimate of drug-likeness (QED) is 0.222. The van der Waals surface area contributed by atoms with Gasteiger partial charge in [-0.1, -0.05) is 0 Å². The van der Waals surface area contributed by atoms with Gasteiger partial charge in [-0.25, -0.2) is 18.7 Å². The molecule has 2 N–H and O–H groups in total. The fourth-order valence-corrected chi connectivity index (χ4v) is 9.21. The average molecular weight is 714 g/mol. The van der Waals surface area contributed by atoms with E-state index in [4.69, 9.17) is 4.74 Å². The number of nitrogens with zero attached hydrogens (tertiary/aromatic N) is 7. The number of fused-ring (bicyclic) bond motifs is 1. The lowest BCUT2D eigenvalue weighted by Gasteiger charge is -2.60. The van der Waals surface area contributed by atoms with Crippen molar-refractivity contribution < 1.29 is 18.3 Å². The molecule has 0 unspecified atom stereocenters. The molecule has 5 heterocycles. The Kier molecular flexibility index (Phi) is 9.25. The summed E-state index contributed by atoms with van der Waals surface area (Å²) >= 11 is 0. The van der Waals surface area contributed by atoms with E-state index in [1.54, 1.807) is 54.4 Å². The predicted octanol–water partition coefficient (Wildman–Crippen LogP) is 5.80. The molecule has 2 aliphatic carbocycles. The van der Waals surface area contributed by atoms with Crippen LogP contribution in [0.3, 0.4) is 0 Å². The van der Waals surface area contributed by atoms with E-state index < -0.39 is 6.43 Å². The number of rotatable bonds is 8. The summed E-state index contributed by atoms with van der Waals surface area (Å²) in [7, 11) is 1.78. The Balaban J connectivity index is 0.924. The second kappa shape index (κ2) is 13.9. The van der Waals surface area contributed by atoms with Gasteiger partial charge in [0.1, 0.15) is 11.9 Å². The molecule has 5 aliphatic rings. The molecule has 2 aromatic heterocycles. The number of hydrogen-bond donors (Lipinski definition) is 2. The predicted molar refractivity (Wildman–Crippen MR) is 194 cm³/mol. The van der Waals surface area contributed by atoms with E-state index in [-0.39, 0.29) is 29.5 Å². The summed E-state index contributed by atoms with van der Waals surface area (Å²) in [4.78, 5) is 27.5. The molecule has 52 heavy (non-hydrogen) atoms. The summed E-state index contributed by atoms with van der Waals surface area (Å²) < 4.78 is 36.7. The molecular weight excluding hydrogens is 664 g/mol. The van der Waals surface area contributed by atoms with Gasteiger partial charge in [-0.2, -0.15) is 5.10 Å². The molecule has 3 fully saturated rings. The van der Waals surface area contributed by atoms with Crippen molar-refractivity contribution in [3.8, 4) is 17.1 Å². The Morgan fingerprint density at radius 3 is 2.46 bits per heavy atom. The van der Waals surface area contributed by atoms with Gasteiger partial charge in [-0.3, -0.25) is 14.9 Å². The number of nitrogens with one attached hydrogen (secondary N) is 2. The summed E-state index contributed by atoms with van der Waals surface area (Å²) in [6, 6.07) is 4.82. The number of likely N-dealkylation sites (tertiary alicyclic amines) is 1. The van der Waals surface area contributed by atoms with Crippen LogP contribution in [0.5, 0.6) is 6.01 Å². The molecule has 3 aromatic rings. The zero-order chi connectivity index (χ0) is 36.1. The topological polar surface area (TPSA) is 116 Å². The Hall–Kier alpha value is -4.39. The Morgan fingerprint density at radius 1 is 1.04 bits per heavy atom. The van der Waals surface area contributed by atoms with Gasteiger partial charge in [0, 0.05) is 105 Å². The minimum Gasteiger partial charge on any atom is -0.460 e. The monoisotopic (exact) mass is 713 g/mol. The van der Waals surface area contributed by atoms with Gasteiger partial charge in [0.05, 0.1) is 12.7 Å². The van der Waals surface area contributed by atoms with Gasteiger partial charge in [0.25, 0.3) is 6.43 Å². The zero-order valence-electron chi connectivity index (χ0n) is 30.4. The van der Waals surface area contributed by atoms with E-state index in [0.29, 0.717) is 60.3 Å². The molecule has 0 atom stereocenters. The summed E-state index contributed by atoms with van der Waals surface area (Å²) in [5.41, 5.74) is 5.92. The van der Waals surface area contributed by atoms with Crippen molar-refractivity contribution in [1.29, 1.82) is 5.41 Å². The van der Waals surface area contributed by atoms with Gasteiger partial charge >= 0.3 is 6.01 Å². The van der Waals surface area contributed by atoms with E-state index in [1.165, 1.54) is 12.8 Å². The fraction of sp³-hybridized carbons (Fsp3) is 0.564. The number of aryl methyl sites for hydroxylation is 3. The van der Waals surface area contributed by atoms with Crippen molar-refractivity contribution in [2.45, 2.75) is 96.2 Å². The average Bonchev–Trinajstić information content (AvgIpc) is 3.54. The van der Waals surface area contributed by atoms with Crippen molar-refractivity contribution in [3.63, 3.8) is 0 Å². The van der Waals surface area contributed by atoms with Gasteiger partial charge in [0.15, 0.2) is 0 Å². The first-order chi connectivity index (χ1) is 25.0. The molecule has 2 saturated carbocycles. The summed E-state index contributed by atoms with van der Waals surface area (Å²) in [6.45, 7) is 7.10. The second-order valence-electron chi connectivity index (χ2n) is 15.7. The van der Waals surface area contributed by atoms with E-state index in [9.17, 15) is 19.0 Å². The van der Waals surface area contributed by atoms with Crippen LogP contribution >= 0.6 is 0 Å². The number of carbonyl (C=O) groups excluding carboxylic acids is 1. The number of piperidine rings is 1. The number of benzene rings is 1. The number of anilines is 1. The lowest BCUT2D eigenvalue weighted by Crippen LogP contribution is -2.60. The van der Waals surface area contributed by atoms with Crippen molar-refractivity contribution in [2.24, 2.45) is 12.5 Å². The molecule has 13 heteroatoms. The molecule has 1 amide bonds. The van der Waals surface area contributed by atoms with E-state index in [0.717, 1.165) is 74.0 Å². The minimum atomic E-state index is -2.67. The minimum absolute atomic E-state index is 0.0242. The van der Waals surface area contributed by atoms with Gasteiger partial charge in [0.2, 0.25) is 5.91 Å². The number of amides is 1. The molecule has 0 bridgehead atoms. The lowest BCUT2D eigenvalue weighted by atomic mass is 9.52. The number of carbonyl (C=O) groups is 1. The number of amidine groups is 1. The van der Waals surface area contributed by atoms with Crippen LogP contribution in [0.25, 0.3) is 11.1 Å². The number of ether oxygens (including phenoxy) is 1. The standard InChI is InChI=1S/C39H49F2N9O2/c1-24-19-43-38(44-20-24)52-30-17-39(18-30)15-29(16-39)48-10-6-28(7-11-48)46-34-8-12-49(25(2)51)23-33(34)37(42)50-9-4-5-26-13-31(27-21-45-47(3)22-27)32(36(40)41)14-35(26)50/h13-14,19-22,28-30,36,42,46H,4-12,15-18,23H2,1-3H3. The maximum atomic E-state index is 14.5. The highest BCUT2D eigenvalue weighted by molar-refractivity contribution is 6.09. The fourth-order valence-electron chi connectivity index (χ4n) is 9.21. The smallest absolute Gasteiger partial charge is 0.316 e. The molecule has 276 valence electrons. The normalized spacial score (nSPS) is 25.2. The second-order valence-corrected chi connectivity index (χ2v) is 15.7. The molecular formula is C39H49F2N9O2. The highest BCUT2D eigenvalue weighted by Crippen LogP contribution is 2.58. The Morgan fingerprint density at radius 2 is 1.79 bits per heavy atom. The third-order valence-corrected chi connectivity index (χ3v) is 12.1. The highest BCUT2D eigenvalue weighted by atomic mass is 19.3. The zero-order valence-corrected chi connectivity index (χ0v) is 30.4. The molecule has 1 aromatic carbocycles. The number of aromatic nitrogens is 4. The maximum Gasteiger partial charge on any atom is 0.316 e. The van der Waals surface area contributed by atoms with Crippen molar-refractivity contribution in [1.82, 2.24) is 34.9 Å². The van der Waals surface area contributed by atoms with E-state index in [2.05, 4.69) is 25.3 Å². The van der Waals surface area contributed by atoms with Crippen LogP contribution in [-0.2, 0) is 18.3 Å². The number of hydrogen-bond acceptors (Lipinski definition) is 8. The first-order valence-corrected chi connectivity index (χ1v) is 18.8. The van der Waals surface area contributed by atoms with E-state index >= 15 is 0 Å². The van der Waals surface area contributed by atoms with Gasteiger partial charge in [-0.15, -0.1) is 0 Å². The van der Waals surface area contributed by atoms with Crippen LogP contribution < -0.4 is 15.0 Å². The molecule has 1 saturated heterocycles. The molecule has 0 radical (unpaired) electrons. The van der Waals surface area contributed by atoms with Gasteiger partial charge < -0.3 is 24.8 Å². The van der Waals surface area contributed by atoms with Crippen molar-refractivity contribution in [2.75, 3.05) is 37.6 Å². The molecule has 3 aliphatic heterocycles. The number of alkyl halides is 2. The summed E-state index contributed by atoms with van der Waals surface area (Å²) in [6.07, 6.45) is 13.3. The largest absolute Gasteiger partial charge is 0.460 e. The first-order valence-electron chi connectivity index (χ1n) is 18.8. The first kappa shape index (κ1) is 34.7. The Bertz CT molecular complexity index is 1850. The highest BCUT2D eigenvalue weighted by Gasteiger charge is 2.55. The van der Waals surface area contributed by atoms with E-state index in [1.807, 2.05) is 17.9 Å². The summed E-state index contributed by atoms with van der Waals surface area (Å²) in [5, 5.41) is 17.6. The lowest BCUT2D eigenvalue weighted by molar-refractivity contribution is -0.128. The van der Waals surface area contributed by atoms with Crippen LogP contribution in [0.2, 0.25) is 0 Å². The third-order valence-electron chi connectivity index (χ3n) is 12.1. The third kappa shape index (κ3) is 6.79. The summed E-state index contributed by atoms with van der Waals surface area (Å²) in [5.74, 6) is 0.265. The van der Waals surface area contributed by atoms with Crippen molar-refractivity contribution >= 4 is 17.4 Å². The van der Waals surface area contributed by atoms with Crippen molar-refractivity contribution in [3.05, 3.63) is 64.9 Å². The van der Waals surface area contributed by atoms with Crippen LogP contribution in [0, 0.1) is 17.7 Å². The number of halogens is 2. The molecule has 8 rings (SSSR count). The van der Waals surface area contributed by atoms with Crippen LogP contribution in [-0.4, -0.2) is 92.2 Å². The molecule has 11 nitrogen and oxygen atoms in total. The maximum absolute atomic E-state index is 14.5. The van der Waals surface area contributed by atoms with Crippen LogP contribution in [0.4, 0.5) is 14.5 Å². The molecule has 1 spiro atoms. The van der Waals surface area contributed by atoms with Crippen LogP contribution in [0.15, 0.2) is 48.2 Å². The SMILES string of the molecule is CC(=O)N1CCC(NC2CCN(C3CC4(CC(Oc5ncc(C)cn5)C4)C3)CC2)=C(C(=N)N2CCCc3cc(-c4cnn(C)c4)c(C(F)F)cc32)C1. The van der Waals surface area contributed by atoms with Gasteiger partial charge in [-0.05, 0) is 92.5 Å².